The summed E-state index contributed by atoms with van der Waals surface area (Å²) in [4.78, 5) is 8.72. The van der Waals surface area contributed by atoms with Crippen LogP contribution in [-0.2, 0) is 10.0 Å². The van der Waals surface area contributed by atoms with Gasteiger partial charge >= 0.3 is 0 Å². The van der Waals surface area contributed by atoms with Gasteiger partial charge in [0.25, 0.3) is 0 Å². The lowest BCUT2D eigenvalue weighted by molar-refractivity contribution is 0.403. The van der Waals surface area contributed by atoms with Gasteiger partial charge in [0.1, 0.15) is 16.5 Å². The average molecular weight is 334 g/mol. The van der Waals surface area contributed by atoms with E-state index in [1.807, 2.05) is 0 Å². The number of aromatic nitrogens is 2. The van der Waals surface area contributed by atoms with Crippen LogP contribution in [0.15, 0.2) is 35.5 Å². The molecule has 23 heavy (non-hydrogen) atoms. The molecular formula is C15H18N4O3S. The minimum absolute atomic E-state index is 0.0564. The normalized spacial score (nSPS) is 18.1. The number of rotatable bonds is 4. The number of sulfonamides is 1. The van der Waals surface area contributed by atoms with Gasteiger partial charge in [0.2, 0.25) is 10.0 Å². The molecular weight excluding hydrogens is 316 g/mol. The third-order valence-corrected chi connectivity index (χ3v) is 4.78. The summed E-state index contributed by atoms with van der Waals surface area (Å²) in [6, 6.07) is 4.99. The molecule has 1 aliphatic rings. The summed E-state index contributed by atoms with van der Waals surface area (Å²) in [5.74, 6) is 0.968. The molecule has 3 rings (SSSR count). The molecule has 0 saturated carbocycles. The first-order valence-electron chi connectivity index (χ1n) is 7.25. The number of hydrogen-bond donors (Lipinski definition) is 2. The predicted octanol–water partition coefficient (Wildman–Crippen LogP) is 1.22. The summed E-state index contributed by atoms with van der Waals surface area (Å²) in [6.07, 6.45) is 5.53. The van der Waals surface area contributed by atoms with E-state index in [1.54, 1.807) is 24.5 Å². The fourth-order valence-corrected chi connectivity index (χ4v) is 3.37. The van der Waals surface area contributed by atoms with Crippen molar-refractivity contribution in [2.75, 3.05) is 13.7 Å². The lowest BCUT2D eigenvalue weighted by atomic mass is 10.1. The van der Waals surface area contributed by atoms with Crippen molar-refractivity contribution >= 4 is 10.0 Å². The number of methoxy groups -OCH3 is 1. The first-order valence-corrected chi connectivity index (χ1v) is 8.80. The molecule has 1 aromatic heterocycles. The Balaban J connectivity index is 1.95. The van der Waals surface area contributed by atoms with Gasteiger partial charge in [-0.2, -0.15) is 0 Å². The van der Waals surface area contributed by atoms with E-state index in [1.165, 1.54) is 13.2 Å². The molecule has 0 amide bonds. The quantitative estimate of drug-likeness (QED) is 0.870. The number of hydrogen-bond acceptors (Lipinski definition) is 6. The van der Waals surface area contributed by atoms with Crippen molar-refractivity contribution in [3.63, 3.8) is 0 Å². The summed E-state index contributed by atoms with van der Waals surface area (Å²) >= 11 is 0. The van der Waals surface area contributed by atoms with Gasteiger partial charge in [0.05, 0.1) is 13.2 Å². The van der Waals surface area contributed by atoms with Crippen LogP contribution in [0.25, 0.3) is 11.1 Å². The van der Waals surface area contributed by atoms with Gasteiger partial charge in [0, 0.05) is 18.0 Å². The van der Waals surface area contributed by atoms with Crippen LogP contribution >= 0.6 is 0 Å². The first-order chi connectivity index (χ1) is 11.0. The van der Waals surface area contributed by atoms with Crippen LogP contribution in [0, 0.1) is 0 Å². The van der Waals surface area contributed by atoms with E-state index < -0.39 is 10.0 Å². The van der Waals surface area contributed by atoms with Crippen LogP contribution in [0.2, 0.25) is 0 Å². The Bertz CT molecular complexity index is 800. The molecule has 0 bridgehead atoms. The summed E-state index contributed by atoms with van der Waals surface area (Å²) in [7, 11) is -2.47. The largest absolute Gasteiger partial charge is 0.495 e. The molecule has 122 valence electrons. The zero-order chi connectivity index (χ0) is 16.4. The van der Waals surface area contributed by atoms with Gasteiger partial charge in [-0.05, 0) is 37.1 Å². The van der Waals surface area contributed by atoms with Gasteiger partial charge in [0.15, 0.2) is 0 Å². The SMILES string of the molecule is COc1ccc(-c2cnc(C3CCCN3)nc2)cc1S(N)(=O)=O. The molecule has 1 aromatic carbocycles. The molecule has 0 aliphatic carbocycles. The summed E-state index contributed by atoms with van der Waals surface area (Å²) in [6.45, 7) is 0.978. The third-order valence-electron chi connectivity index (χ3n) is 3.85. The van der Waals surface area contributed by atoms with Crippen molar-refractivity contribution in [3.8, 4) is 16.9 Å². The van der Waals surface area contributed by atoms with Gasteiger partial charge < -0.3 is 10.1 Å². The number of primary sulfonamides is 1. The molecule has 1 aliphatic heterocycles. The summed E-state index contributed by atoms with van der Waals surface area (Å²) < 4.78 is 28.4. The van der Waals surface area contributed by atoms with Crippen molar-refractivity contribution in [1.29, 1.82) is 0 Å². The fourth-order valence-electron chi connectivity index (χ4n) is 2.65. The standard InChI is InChI=1S/C15H18N4O3S/c1-22-13-5-4-10(7-14(13)23(16,20)21)11-8-18-15(19-9-11)12-3-2-6-17-12/h4-5,7-9,12,17H,2-3,6H2,1H3,(H2,16,20,21). The van der Waals surface area contributed by atoms with Crippen LogP contribution in [-0.4, -0.2) is 32.0 Å². The fraction of sp³-hybridized carbons (Fsp3) is 0.333. The maximum atomic E-state index is 11.7. The number of nitrogens with zero attached hydrogens (tertiary/aromatic N) is 2. The lowest BCUT2D eigenvalue weighted by Gasteiger charge is -2.11. The van der Waals surface area contributed by atoms with Crippen molar-refractivity contribution in [2.45, 2.75) is 23.8 Å². The Morgan fingerprint density at radius 3 is 2.57 bits per heavy atom. The Morgan fingerprint density at radius 1 is 1.26 bits per heavy atom. The molecule has 1 fully saturated rings. The van der Waals surface area contributed by atoms with Gasteiger partial charge in [-0.3, -0.25) is 0 Å². The van der Waals surface area contributed by atoms with Crippen LogP contribution < -0.4 is 15.2 Å². The molecule has 1 atom stereocenters. The molecule has 2 aromatic rings. The van der Waals surface area contributed by atoms with Gasteiger partial charge in [-0.15, -0.1) is 0 Å². The minimum Gasteiger partial charge on any atom is -0.495 e. The predicted molar refractivity (Wildman–Crippen MR) is 85.4 cm³/mol. The van der Waals surface area contributed by atoms with Crippen molar-refractivity contribution < 1.29 is 13.2 Å². The molecule has 0 spiro atoms. The first kappa shape index (κ1) is 15.9. The number of nitrogens with one attached hydrogen (secondary N) is 1. The van der Waals surface area contributed by atoms with E-state index in [9.17, 15) is 8.42 Å². The van der Waals surface area contributed by atoms with E-state index in [4.69, 9.17) is 9.88 Å². The molecule has 2 heterocycles. The zero-order valence-electron chi connectivity index (χ0n) is 12.7. The van der Waals surface area contributed by atoms with Crippen molar-refractivity contribution in [2.24, 2.45) is 5.14 Å². The van der Waals surface area contributed by atoms with Gasteiger partial charge in [-0.1, -0.05) is 6.07 Å². The zero-order valence-corrected chi connectivity index (χ0v) is 13.5. The lowest BCUT2D eigenvalue weighted by Crippen LogP contribution is -2.15. The van der Waals surface area contributed by atoms with E-state index in [0.29, 0.717) is 5.56 Å². The smallest absolute Gasteiger partial charge is 0.241 e. The highest BCUT2D eigenvalue weighted by Crippen LogP contribution is 2.29. The number of nitrogens with two attached hydrogens (primary N) is 1. The van der Waals surface area contributed by atoms with E-state index in [-0.39, 0.29) is 16.7 Å². The minimum atomic E-state index is -3.87. The van der Waals surface area contributed by atoms with Crippen LogP contribution in [0.5, 0.6) is 5.75 Å². The van der Waals surface area contributed by atoms with E-state index in [2.05, 4.69) is 15.3 Å². The van der Waals surface area contributed by atoms with Gasteiger partial charge in [-0.25, -0.2) is 23.5 Å². The number of benzene rings is 1. The van der Waals surface area contributed by atoms with Crippen LogP contribution in [0.3, 0.4) is 0 Å². The highest BCUT2D eigenvalue weighted by molar-refractivity contribution is 7.89. The highest BCUT2D eigenvalue weighted by Gasteiger charge is 2.19. The second-order valence-electron chi connectivity index (χ2n) is 5.39. The summed E-state index contributed by atoms with van der Waals surface area (Å²) in [5, 5.41) is 8.58. The molecule has 8 heteroatoms. The molecule has 1 unspecified atom stereocenters. The van der Waals surface area contributed by atoms with Crippen LogP contribution in [0.4, 0.5) is 0 Å². The van der Waals surface area contributed by atoms with E-state index >= 15 is 0 Å². The Labute approximate surface area is 135 Å². The topological polar surface area (TPSA) is 107 Å². The highest BCUT2D eigenvalue weighted by atomic mass is 32.2. The average Bonchev–Trinajstić information content (AvgIpc) is 3.08. The maximum Gasteiger partial charge on any atom is 0.241 e. The third kappa shape index (κ3) is 3.34. The van der Waals surface area contributed by atoms with Crippen molar-refractivity contribution in [1.82, 2.24) is 15.3 Å². The maximum absolute atomic E-state index is 11.7. The van der Waals surface area contributed by atoms with Crippen LogP contribution in [0.1, 0.15) is 24.7 Å². The monoisotopic (exact) mass is 334 g/mol. The Hall–Kier alpha value is -2.03. The number of ether oxygens (including phenoxy) is 1. The Morgan fingerprint density at radius 2 is 2.00 bits per heavy atom. The molecule has 0 radical (unpaired) electrons. The second-order valence-corrected chi connectivity index (χ2v) is 6.92. The van der Waals surface area contributed by atoms with Crippen molar-refractivity contribution in [3.05, 3.63) is 36.4 Å². The molecule has 1 saturated heterocycles. The van der Waals surface area contributed by atoms with E-state index in [0.717, 1.165) is 30.8 Å². The molecule has 3 N–H and O–H groups in total. The molecule has 7 nitrogen and oxygen atoms in total. The summed E-state index contributed by atoms with van der Waals surface area (Å²) in [5.41, 5.74) is 1.39. The Kier molecular flexibility index (Phi) is 4.29. The second kappa shape index (κ2) is 6.23.